The van der Waals surface area contributed by atoms with Gasteiger partial charge in [-0.25, -0.2) is 9.36 Å². The minimum Gasteiger partial charge on any atom is -0.414 e. The van der Waals surface area contributed by atoms with E-state index in [0.29, 0.717) is 11.3 Å². The Morgan fingerprint density at radius 1 is 1.09 bits per heavy atom. The largest absolute Gasteiger partial charge is 0.422 e. The Morgan fingerprint density at radius 2 is 1.77 bits per heavy atom. The van der Waals surface area contributed by atoms with Crippen LogP contribution >= 0.6 is 0 Å². The summed E-state index contributed by atoms with van der Waals surface area (Å²) in [6.45, 7) is 2.03. The van der Waals surface area contributed by atoms with Crippen LogP contribution in [0, 0.1) is 6.92 Å². The molecule has 0 aliphatic heterocycles. The maximum Gasteiger partial charge on any atom is 0.422 e. The fourth-order valence-electron chi connectivity index (χ4n) is 3.27. The lowest BCUT2D eigenvalue weighted by Crippen LogP contribution is -2.36. The van der Waals surface area contributed by atoms with E-state index in [1.807, 2.05) is 30.3 Å². The van der Waals surface area contributed by atoms with Gasteiger partial charge in [0.1, 0.15) is 5.76 Å². The molecule has 0 saturated heterocycles. The van der Waals surface area contributed by atoms with Crippen LogP contribution in [0.25, 0.3) is 0 Å². The van der Waals surface area contributed by atoms with Gasteiger partial charge in [-0.15, -0.1) is 0 Å². The number of hydrogen-bond acceptors (Lipinski definition) is 3. The van der Waals surface area contributed by atoms with Gasteiger partial charge in [0.15, 0.2) is 0 Å². The van der Waals surface area contributed by atoms with Crippen molar-refractivity contribution in [2.24, 2.45) is 0 Å². The first-order valence-electron chi connectivity index (χ1n) is 7.95. The van der Waals surface area contributed by atoms with Crippen LogP contribution in [0.2, 0.25) is 0 Å². The first kappa shape index (κ1) is 14.8. The van der Waals surface area contributed by atoms with Gasteiger partial charge in [0.25, 0.3) is 5.56 Å². The van der Waals surface area contributed by atoms with Crippen molar-refractivity contribution in [3.05, 3.63) is 68.1 Å². The quantitative estimate of drug-likeness (QED) is 0.874. The molecule has 4 heteroatoms. The van der Waals surface area contributed by atoms with Gasteiger partial charge in [-0.1, -0.05) is 49.6 Å². The molecule has 0 spiro atoms. The molecule has 0 amide bonds. The summed E-state index contributed by atoms with van der Waals surface area (Å²) >= 11 is 0. The smallest absolute Gasteiger partial charge is 0.414 e. The Hall–Kier alpha value is -2.10. The van der Waals surface area contributed by atoms with E-state index in [4.69, 9.17) is 4.42 Å². The van der Waals surface area contributed by atoms with Crippen LogP contribution in [0.1, 0.15) is 54.9 Å². The highest BCUT2D eigenvalue weighted by Gasteiger charge is 2.23. The molecular weight excluding hydrogens is 278 g/mol. The monoisotopic (exact) mass is 299 g/mol. The normalized spacial score (nSPS) is 15.9. The van der Waals surface area contributed by atoms with E-state index in [9.17, 15) is 9.59 Å². The van der Waals surface area contributed by atoms with Crippen LogP contribution in [0.5, 0.6) is 0 Å². The molecule has 1 aliphatic rings. The van der Waals surface area contributed by atoms with Gasteiger partial charge < -0.3 is 4.42 Å². The lowest BCUT2D eigenvalue weighted by atomic mass is 9.86. The molecule has 1 aromatic carbocycles. The van der Waals surface area contributed by atoms with Gasteiger partial charge >= 0.3 is 5.76 Å². The molecule has 0 bridgehead atoms. The highest BCUT2D eigenvalue weighted by Crippen LogP contribution is 2.32. The fraction of sp³-hybridized carbons (Fsp3) is 0.444. The molecule has 0 N–H and O–H groups in total. The Bertz CT molecular complexity index is 752. The van der Waals surface area contributed by atoms with Crippen molar-refractivity contribution in [1.82, 2.24) is 4.57 Å². The summed E-state index contributed by atoms with van der Waals surface area (Å²) in [5.41, 5.74) is 1.28. The summed E-state index contributed by atoms with van der Waals surface area (Å²) in [5.74, 6) is 0.291. The van der Waals surface area contributed by atoms with Crippen molar-refractivity contribution in [2.45, 2.75) is 51.5 Å². The highest BCUT2D eigenvalue weighted by atomic mass is 16.4. The predicted molar refractivity (Wildman–Crippen MR) is 85.3 cm³/mol. The first-order chi connectivity index (χ1) is 10.7. The first-order valence-corrected chi connectivity index (χ1v) is 7.95. The molecule has 2 aromatic rings. The average Bonchev–Trinajstić information content (AvgIpc) is 2.57. The van der Waals surface area contributed by atoms with E-state index < -0.39 is 5.76 Å². The van der Waals surface area contributed by atoms with E-state index in [-0.39, 0.29) is 18.0 Å². The molecule has 22 heavy (non-hydrogen) atoms. The molecule has 1 saturated carbocycles. The number of hydrogen-bond donors (Lipinski definition) is 0. The summed E-state index contributed by atoms with van der Waals surface area (Å²) in [6, 6.07) is 9.50. The zero-order valence-electron chi connectivity index (χ0n) is 12.9. The Morgan fingerprint density at radius 3 is 2.45 bits per heavy atom. The molecule has 0 radical (unpaired) electrons. The molecular formula is C18H21NO3. The molecule has 1 aromatic heterocycles. The highest BCUT2D eigenvalue weighted by molar-refractivity contribution is 5.19. The van der Waals surface area contributed by atoms with Gasteiger partial charge in [0.2, 0.25) is 0 Å². The standard InChI is InChI=1S/C18H21NO3/c1-13-16(15-10-6-3-7-11-15)22-18(21)19(17(13)20)12-14-8-4-2-5-9-14/h2,4-5,8-9,15H,3,6-7,10-12H2,1H3. The zero-order chi connectivity index (χ0) is 15.5. The molecule has 0 unspecified atom stereocenters. The summed E-state index contributed by atoms with van der Waals surface area (Å²) in [5, 5.41) is 0. The van der Waals surface area contributed by atoms with Gasteiger partial charge in [0, 0.05) is 5.92 Å². The third-order valence-corrected chi connectivity index (χ3v) is 4.51. The average molecular weight is 299 g/mol. The van der Waals surface area contributed by atoms with Gasteiger partial charge in [-0.05, 0) is 25.3 Å². The molecule has 3 rings (SSSR count). The van der Waals surface area contributed by atoms with Crippen molar-refractivity contribution in [3.8, 4) is 0 Å². The number of rotatable bonds is 3. The van der Waals surface area contributed by atoms with E-state index in [2.05, 4.69) is 0 Å². The summed E-state index contributed by atoms with van der Waals surface area (Å²) in [7, 11) is 0. The van der Waals surface area contributed by atoms with Gasteiger partial charge in [0.05, 0.1) is 12.1 Å². The van der Waals surface area contributed by atoms with Crippen LogP contribution in [0.4, 0.5) is 0 Å². The van der Waals surface area contributed by atoms with Crippen molar-refractivity contribution in [3.63, 3.8) is 0 Å². The minimum absolute atomic E-state index is 0.222. The van der Waals surface area contributed by atoms with Crippen molar-refractivity contribution in [2.75, 3.05) is 0 Å². The van der Waals surface area contributed by atoms with Crippen molar-refractivity contribution >= 4 is 0 Å². The van der Waals surface area contributed by atoms with Crippen molar-refractivity contribution < 1.29 is 4.42 Å². The lowest BCUT2D eigenvalue weighted by molar-refractivity contribution is 0.324. The second kappa shape index (κ2) is 6.34. The molecule has 0 atom stereocenters. The molecule has 4 nitrogen and oxygen atoms in total. The number of benzene rings is 1. The molecule has 1 fully saturated rings. The fourth-order valence-corrected chi connectivity index (χ4v) is 3.27. The number of aromatic nitrogens is 1. The lowest BCUT2D eigenvalue weighted by Gasteiger charge is -2.21. The van der Waals surface area contributed by atoms with Crippen LogP contribution < -0.4 is 11.3 Å². The minimum atomic E-state index is -0.542. The second-order valence-corrected chi connectivity index (χ2v) is 6.07. The molecule has 1 heterocycles. The van der Waals surface area contributed by atoms with Crippen LogP contribution in [-0.2, 0) is 6.54 Å². The summed E-state index contributed by atoms with van der Waals surface area (Å²) in [6.07, 6.45) is 5.52. The topological polar surface area (TPSA) is 52.2 Å². The summed E-state index contributed by atoms with van der Waals surface area (Å²) < 4.78 is 6.73. The second-order valence-electron chi connectivity index (χ2n) is 6.07. The zero-order valence-corrected chi connectivity index (χ0v) is 12.9. The summed E-state index contributed by atoms with van der Waals surface area (Å²) in [4.78, 5) is 24.8. The van der Waals surface area contributed by atoms with E-state index in [1.165, 1.54) is 11.0 Å². The van der Waals surface area contributed by atoms with E-state index in [1.54, 1.807) is 6.92 Å². The van der Waals surface area contributed by atoms with Crippen LogP contribution in [0.15, 0.2) is 44.3 Å². The van der Waals surface area contributed by atoms with Crippen LogP contribution in [-0.4, -0.2) is 4.57 Å². The molecule has 116 valence electrons. The third-order valence-electron chi connectivity index (χ3n) is 4.51. The Labute approximate surface area is 129 Å². The maximum absolute atomic E-state index is 12.6. The molecule has 1 aliphatic carbocycles. The van der Waals surface area contributed by atoms with E-state index >= 15 is 0 Å². The maximum atomic E-state index is 12.6. The Balaban J connectivity index is 1.98. The SMILES string of the molecule is Cc1c(C2CCCCC2)oc(=O)n(Cc2ccccc2)c1=O. The number of nitrogens with zero attached hydrogens (tertiary/aromatic N) is 1. The van der Waals surface area contributed by atoms with Crippen LogP contribution in [0.3, 0.4) is 0 Å². The predicted octanol–water partition coefficient (Wildman–Crippen LogP) is 3.21. The van der Waals surface area contributed by atoms with E-state index in [0.717, 1.165) is 31.2 Å². The Kier molecular flexibility index (Phi) is 4.27. The van der Waals surface area contributed by atoms with Gasteiger partial charge in [-0.2, -0.15) is 0 Å². The van der Waals surface area contributed by atoms with Gasteiger partial charge in [-0.3, -0.25) is 4.79 Å². The van der Waals surface area contributed by atoms with Crippen molar-refractivity contribution in [1.29, 1.82) is 0 Å². The third kappa shape index (κ3) is 2.91.